The van der Waals surface area contributed by atoms with Gasteiger partial charge in [-0.2, -0.15) is 0 Å². The number of nitrogens with zero attached hydrogens (tertiary/aromatic N) is 2. The van der Waals surface area contributed by atoms with Crippen LogP contribution in [0.3, 0.4) is 0 Å². The molecule has 0 bridgehead atoms. The van der Waals surface area contributed by atoms with Crippen molar-refractivity contribution in [1.82, 2.24) is 9.37 Å². The molecule has 1 rings (SSSR count). The lowest BCUT2D eigenvalue weighted by Gasteiger charge is -2.21. The van der Waals surface area contributed by atoms with E-state index < -0.39 is 10.0 Å². The lowest BCUT2D eigenvalue weighted by molar-refractivity contribution is -0.0258. The van der Waals surface area contributed by atoms with Crippen molar-refractivity contribution in [2.24, 2.45) is 0 Å². The minimum Gasteiger partial charge on any atom is -0.339 e. The predicted octanol–water partition coefficient (Wildman–Crippen LogP) is 2.13. The van der Waals surface area contributed by atoms with Crippen molar-refractivity contribution in [3.63, 3.8) is 0 Å². The highest BCUT2D eigenvalue weighted by Gasteiger charge is 2.21. The molecule has 0 aliphatic heterocycles. The van der Waals surface area contributed by atoms with Crippen molar-refractivity contribution in [3.8, 4) is 0 Å². The Morgan fingerprint density at radius 1 is 1.18 bits per heavy atom. The number of carbonyl (C=O) groups excluding carboxylic acids is 1. The molecule has 7 heteroatoms. The molecule has 1 aromatic carbocycles. The summed E-state index contributed by atoms with van der Waals surface area (Å²) in [5.74, 6) is -0.0833. The number of rotatable bonds is 8. The molecule has 6 nitrogen and oxygen atoms in total. The summed E-state index contributed by atoms with van der Waals surface area (Å²) < 4.78 is 24.9. The van der Waals surface area contributed by atoms with E-state index in [4.69, 9.17) is 4.84 Å². The van der Waals surface area contributed by atoms with E-state index in [2.05, 4.69) is 6.92 Å². The number of carbonyl (C=O) groups is 1. The number of hydroxylamine groups is 1. The summed E-state index contributed by atoms with van der Waals surface area (Å²) in [5.41, 5.74) is 0.483. The fourth-order valence-electron chi connectivity index (χ4n) is 1.95. The zero-order chi connectivity index (χ0) is 16.8. The molecule has 0 unspecified atom stereocenters. The minimum atomic E-state index is -3.69. The van der Waals surface area contributed by atoms with Gasteiger partial charge in [0.05, 0.1) is 12.0 Å². The average molecular weight is 328 g/mol. The first kappa shape index (κ1) is 18.6. The van der Waals surface area contributed by atoms with E-state index in [-0.39, 0.29) is 10.8 Å². The first-order valence-corrected chi connectivity index (χ1v) is 8.74. The zero-order valence-electron chi connectivity index (χ0n) is 13.6. The molecule has 0 spiro atoms. The summed E-state index contributed by atoms with van der Waals surface area (Å²) in [6.07, 6.45) is 1.97. The molecule has 0 saturated heterocycles. The summed E-state index contributed by atoms with van der Waals surface area (Å²) in [5, 5.41) is 0. The largest absolute Gasteiger partial charge is 0.339 e. The van der Waals surface area contributed by atoms with Crippen molar-refractivity contribution in [2.45, 2.75) is 31.6 Å². The van der Waals surface area contributed by atoms with Crippen LogP contribution in [-0.2, 0) is 14.9 Å². The Kier molecular flexibility index (Phi) is 6.99. The molecule has 0 aliphatic carbocycles. The summed E-state index contributed by atoms with van der Waals surface area (Å²) in [6, 6.07) is 5.91. The van der Waals surface area contributed by atoms with E-state index in [1.165, 1.54) is 38.4 Å². The fourth-order valence-corrected chi connectivity index (χ4v) is 2.92. The van der Waals surface area contributed by atoms with Crippen LogP contribution in [0.1, 0.15) is 37.0 Å². The lowest BCUT2D eigenvalue weighted by Crippen LogP contribution is -2.31. The number of amides is 1. The van der Waals surface area contributed by atoms with Gasteiger partial charge in [-0.3, -0.25) is 9.63 Å². The molecular weight excluding hydrogens is 304 g/mol. The molecule has 0 aromatic heterocycles. The van der Waals surface area contributed by atoms with Crippen LogP contribution in [0, 0.1) is 0 Å². The van der Waals surface area contributed by atoms with Crippen LogP contribution in [-0.4, -0.2) is 50.9 Å². The summed E-state index contributed by atoms with van der Waals surface area (Å²) in [6.45, 7) is 5.34. The molecule has 0 radical (unpaired) electrons. The van der Waals surface area contributed by atoms with Crippen molar-refractivity contribution in [1.29, 1.82) is 0 Å². The van der Waals surface area contributed by atoms with Crippen molar-refractivity contribution < 1.29 is 18.0 Å². The van der Waals surface area contributed by atoms with E-state index in [0.717, 1.165) is 17.3 Å². The molecule has 1 aromatic rings. The Balaban J connectivity index is 2.95. The summed E-state index contributed by atoms with van der Waals surface area (Å²) in [7, 11) is -1.09. The SMILES string of the molecule is CCCCN(CC)C(=O)c1ccc(S(=O)(=O)N(C)OC)cc1. The van der Waals surface area contributed by atoms with Crippen LogP contribution in [0.2, 0.25) is 0 Å². The van der Waals surface area contributed by atoms with Crippen LogP contribution >= 0.6 is 0 Å². The first-order chi connectivity index (χ1) is 10.4. The molecule has 0 atom stereocenters. The Morgan fingerprint density at radius 3 is 2.23 bits per heavy atom. The molecule has 1 amide bonds. The monoisotopic (exact) mass is 328 g/mol. The number of benzene rings is 1. The van der Waals surface area contributed by atoms with Crippen molar-refractivity contribution >= 4 is 15.9 Å². The molecule has 124 valence electrons. The molecule has 0 aliphatic rings. The van der Waals surface area contributed by atoms with Gasteiger partial charge in [-0.1, -0.05) is 17.8 Å². The van der Waals surface area contributed by atoms with E-state index in [1.54, 1.807) is 4.90 Å². The third kappa shape index (κ3) is 4.28. The van der Waals surface area contributed by atoms with Crippen LogP contribution in [0.15, 0.2) is 29.2 Å². The Labute approximate surface area is 132 Å². The van der Waals surface area contributed by atoms with Gasteiger partial charge in [0.2, 0.25) is 0 Å². The maximum absolute atomic E-state index is 12.4. The molecule has 0 heterocycles. The maximum atomic E-state index is 12.4. The van der Waals surface area contributed by atoms with E-state index >= 15 is 0 Å². The van der Waals surface area contributed by atoms with E-state index in [0.29, 0.717) is 18.7 Å². The van der Waals surface area contributed by atoms with Gasteiger partial charge in [0.1, 0.15) is 0 Å². The van der Waals surface area contributed by atoms with Crippen LogP contribution in [0.25, 0.3) is 0 Å². The quantitative estimate of drug-likeness (QED) is 0.686. The Bertz CT molecular complexity index is 584. The number of unbranched alkanes of at least 4 members (excludes halogenated alkanes) is 1. The van der Waals surface area contributed by atoms with Gasteiger partial charge in [0, 0.05) is 25.7 Å². The van der Waals surface area contributed by atoms with E-state index in [1.807, 2.05) is 6.92 Å². The molecule has 0 fully saturated rings. The predicted molar refractivity (Wildman–Crippen MR) is 84.9 cm³/mol. The Morgan fingerprint density at radius 2 is 1.77 bits per heavy atom. The number of hydrogen-bond donors (Lipinski definition) is 0. The van der Waals surface area contributed by atoms with Crippen LogP contribution in [0.4, 0.5) is 0 Å². The topological polar surface area (TPSA) is 66.9 Å². The number of hydrogen-bond acceptors (Lipinski definition) is 4. The normalized spacial score (nSPS) is 11.7. The average Bonchev–Trinajstić information content (AvgIpc) is 2.54. The fraction of sp³-hybridized carbons (Fsp3) is 0.533. The molecule has 22 heavy (non-hydrogen) atoms. The van der Waals surface area contributed by atoms with Crippen LogP contribution in [0.5, 0.6) is 0 Å². The van der Waals surface area contributed by atoms with Gasteiger partial charge in [-0.05, 0) is 37.6 Å². The minimum absolute atomic E-state index is 0.0833. The number of sulfonamides is 1. The van der Waals surface area contributed by atoms with Gasteiger partial charge in [-0.25, -0.2) is 8.42 Å². The third-order valence-corrected chi connectivity index (χ3v) is 5.14. The molecule has 0 N–H and O–H groups in total. The van der Waals surface area contributed by atoms with Gasteiger partial charge < -0.3 is 4.90 Å². The highest BCUT2D eigenvalue weighted by molar-refractivity contribution is 7.89. The second-order valence-corrected chi connectivity index (χ2v) is 6.80. The van der Waals surface area contributed by atoms with E-state index in [9.17, 15) is 13.2 Å². The maximum Gasteiger partial charge on any atom is 0.264 e. The summed E-state index contributed by atoms with van der Waals surface area (Å²) >= 11 is 0. The van der Waals surface area contributed by atoms with Gasteiger partial charge in [-0.15, -0.1) is 0 Å². The van der Waals surface area contributed by atoms with Gasteiger partial charge in [0.15, 0.2) is 0 Å². The smallest absolute Gasteiger partial charge is 0.264 e. The molecular formula is C15H24N2O4S. The second-order valence-electron chi connectivity index (χ2n) is 4.86. The standard InChI is InChI=1S/C15H24N2O4S/c1-5-7-12-17(6-2)15(18)13-8-10-14(11-9-13)22(19,20)16(3)21-4/h8-11H,5-7,12H2,1-4H3. The Hall–Kier alpha value is -1.44. The second kappa shape index (κ2) is 8.26. The zero-order valence-corrected chi connectivity index (χ0v) is 14.4. The van der Waals surface area contributed by atoms with Crippen molar-refractivity contribution in [2.75, 3.05) is 27.2 Å². The van der Waals surface area contributed by atoms with Crippen LogP contribution < -0.4 is 0 Å². The summed E-state index contributed by atoms with van der Waals surface area (Å²) in [4.78, 5) is 18.9. The van der Waals surface area contributed by atoms with Gasteiger partial charge in [0.25, 0.3) is 15.9 Å². The van der Waals surface area contributed by atoms with Crippen molar-refractivity contribution in [3.05, 3.63) is 29.8 Å². The first-order valence-electron chi connectivity index (χ1n) is 7.30. The lowest BCUT2D eigenvalue weighted by atomic mass is 10.2. The highest BCUT2D eigenvalue weighted by atomic mass is 32.2. The highest BCUT2D eigenvalue weighted by Crippen LogP contribution is 2.16. The molecule has 0 saturated carbocycles. The third-order valence-electron chi connectivity index (χ3n) is 3.45. The van der Waals surface area contributed by atoms with Gasteiger partial charge >= 0.3 is 0 Å².